The van der Waals surface area contributed by atoms with Gasteiger partial charge in [-0.1, -0.05) is 6.92 Å². The minimum Gasteiger partial charge on any atom is -0.480 e. The van der Waals surface area contributed by atoms with Crippen LogP contribution >= 0.6 is 11.6 Å². The summed E-state index contributed by atoms with van der Waals surface area (Å²) in [6, 6.07) is 0. The number of halogens is 1. The third-order valence-corrected chi connectivity index (χ3v) is 2.15. The highest BCUT2D eigenvalue weighted by Gasteiger charge is 2.07. The monoisotopic (exact) mass is 229 g/mol. The number of ether oxygens (including phenoxy) is 1. The van der Waals surface area contributed by atoms with Crippen molar-refractivity contribution in [2.45, 2.75) is 13.3 Å². The van der Waals surface area contributed by atoms with Crippen molar-refractivity contribution >= 4 is 17.4 Å². The van der Waals surface area contributed by atoms with E-state index in [1.54, 1.807) is 19.5 Å². The van der Waals surface area contributed by atoms with E-state index in [4.69, 9.17) is 16.3 Å². The van der Waals surface area contributed by atoms with E-state index >= 15 is 0 Å². The summed E-state index contributed by atoms with van der Waals surface area (Å²) >= 11 is 5.73. The summed E-state index contributed by atoms with van der Waals surface area (Å²) in [7, 11) is 1.58. The number of methoxy groups -OCH3 is 1. The smallest absolute Gasteiger partial charge is 0.233 e. The maximum atomic E-state index is 5.73. The fourth-order valence-corrected chi connectivity index (χ4v) is 1.51. The van der Waals surface area contributed by atoms with Crippen LogP contribution in [0.3, 0.4) is 0 Å². The van der Waals surface area contributed by atoms with Crippen molar-refractivity contribution in [1.29, 1.82) is 0 Å². The Kier molecular flexibility index (Phi) is 5.18. The minimum absolute atomic E-state index is 0.531. The number of alkyl halides is 1. The molecule has 0 saturated heterocycles. The Morgan fingerprint density at radius 1 is 1.40 bits per heavy atom. The standard InChI is InChI=1S/C10H16ClN3O/c1-3-5-14(6-4-11)9-7-12-8-10(13-9)15-2/h7-8H,3-6H2,1-2H3. The molecule has 0 radical (unpaired) electrons. The summed E-state index contributed by atoms with van der Waals surface area (Å²) in [5, 5.41) is 0. The van der Waals surface area contributed by atoms with Gasteiger partial charge in [0.1, 0.15) is 0 Å². The molecule has 0 aliphatic rings. The zero-order chi connectivity index (χ0) is 11.1. The lowest BCUT2D eigenvalue weighted by molar-refractivity contribution is 0.395. The lowest BCUT2D eigenvalue weighted by Crippen LogP contribution is -2.27. The van der Waals surface area contributed by atoms with Crippen LogP contribution in [0.1, 0.15) is 13.3 Å². The molecule has 0 saturated carbocycles. The first-order valence-corrected chi connectivity index (χ1v) is 5.52. The molecule has 0 spiro atoms. The zero-order valence-corrected chi connectivity index (χ0v) is 9.87. The molecule has 1 aromatic heterocycles. The van der Waals surface area contributed by atoms with Gasteiger partial charge >= 0.3 is 0 Å². The van der Waals surface area contributed by atoms with E-state index in [2.05, 4.69) is 21.8 Å². The first-order chi connectivity index (χ1) is 7.31. The molecule has 5 heteroatoms. The Bertz CT molecular complexity index is 290. The normalized spacial score (nSPS) is 10.1. The Hall–Kier alpha value is -1.03. The molecule has 1 rings (SSSR count). The summed E-state index contributed by atoms with van der Waals surface area (Å²) in [5.41, 5.74) is 0. The van der Waals surface area contributed by atoms with Crippen molar-refractivity contribution in [2.24, 2.45) is 0 Å². The molecule has 0 aromatic carbocycles. The van der Waals surface area contributed by atoms with Crippen LogP contribution in [0.25, 0.3) is 0 Å². The molecule has 0 atom stereocenters. The van der Waals surface area contributed by atoms with E-state index < -0.39 is 0 Å². The van der Waals surface area contributed by atoms with Gasteiger partial charge in [0.05, 0.1) is 19.5 Å². The summed E-state index contributed by atoms with van der Waals surface area (Å²) < 4.78 is 5.03. The Labute approximate surface area is 95.2 Å². The van der Waals surface area contributed by atoms with Gasteiger partial charge < -0.3 is 9.64 Å². The van der Waals surface area contributed by atoms with E-state index in [1.165, 1.54) is 0 Å². The number of anilines is 1. The lowest BCUT2D eigenvalue weighted by Gasteiger charge is -2.21. The highest BCUT2D eigenvalue weighted by Crippen LogP contribution is 2.13. The minimum atomic E-state index is 0.531. The van der Waals surface area contributed by atoms with Crippen LogP contribution in [0.15, 0.2) is 12.4 Å². The topological polar surface area (TPSA) is 38.2 Å². The predicted molar refractivity (Wildman–Crippen MR) is 61.8 cm³/mol. The molecule has 0 fully saturated rings. The van der Waals surface area contributed by atoms with E-state index in [0.29, 0.717) is 11.8 Å². The number of hydrogen-bond donors (Lipinski definition) is 0. The average Bonchev–Trinajstić information content (AvgIpc) is 2.29. The molecule has 0 amide bonds. The lowest BCUT2D eigenvalue weighted by atomic mass is 10.4. The average molecular weight is 230 g/mol. The van der Waals surface area contributed by atoms with E-state index in [9.17, 15) is 0 Å². The second-order valence-electron chi connectivity index (χ2n) is 3.10. The molecular formula is C10H16ClN3O. The Balaban J connectivity index is 2.79. The molecular weight excluding hydrogens is 214 g/mol. The molecule has 4 nitrogen and oxygen atoms in total. The van der Waals surface area contributed by atoms with Gasteiger partial charge in [0.25, 0.3) is 0 Å². The van der Waals surface area contributed by atoms with Crippen LogP contribution in [-0.4, -0.2) is 36.0 Å². The fraction of sp³-hybridized carbons (Fsp3) is 0.600. The molecule has 0 unspecified atom stereocenters. The third kappa shape index (κ3) is 3.55. The van der Waals surface area contributed by atoms with Gasteiger partial charge in [-0.25, -0.2) is 0 Å². The van der Waals surface area contributed by atoms with Gasteiger partial charge in [-0.05, 0) is 6.42 Å². The third-order valence-electron chi connectivity index (χ3n) is 1.98. The van der Waals surface area contributed by atoms with E-state index in [-0.39, 0.29) is 0 Å². The first-order valence-electron chi connectivity index (χ1n) is 4.98. The van der Waals surface area contributed by atoms with Crippen LogP contribution in [-0.2, 0) is 0 Å². The molecule has 0 bridgehead atoms. The zero-order valence-electron chi connectivity index (χ0n) is 9.11. The quantitative estimate of drug-likeness (QED) is 0.699. The van der Waals surface area contributed by atoms with Gasteiger partial charge in [0, 0.05) is 19.0 Å². The number of hydrogen-bond acceptors (Lipinski definition) is 4. The van der Waals surface area contributed by atoms with Crippen molar-refractivity contribution in [3.63, 3.8) is 0 Å². The SMILES string of the molecule is CCCN(CCCl)c1cncc(OC)n1. The summed E-state index contributed by atoms with van der Waals surface area (Å²) in [6.45, 7) is 3.82. The van der Waals surface area contributed by atoms with Gasteiger partial charge in [-0.2, -0.15) is 4.98 Å². The number of rotatable bonds is 6. The first kappa shape index (κ1) is 12.0. The summed E-state index contributed by atoms with van der Waals surface area (Å²) in [6.07, 6.45) is 4.37. The van der Waals surface area contributed by atoms with Crippen molar-refractivity contribution < 1.29 is 4.74 Å². The second kappa shape index (κ2) is 6.45. The number of aromatic nitrogens is 2. The maximum absolute atomic E-state index is 5.73. The van der Waals surface area contributed by atoms with Gasteiger partial charge in [0.2, 0.25) is 5.88 Å². The molecule has 0 aliphatic carbocycles. The summed E-state index contributed by atoms with van der Waals surface area (Å²) in [5.74, 6) is 1.93. The van der Waals surface area contributed by atoms with Crippen LogP contribution in [0.5, 0.6) is 5.88 Å². The molecule has 15 heavy (non-hydrogen) atoms. The van der Waals surface area contributed by atoms with Crippen LogP contribution in [0.2, 0.25) is 0 Å². The highest BCUT2D eigenvalue weighted by molar-refractivity contribution is 6.18. The van der Waals surface area contributed by atoms with E-state index in [0.717, 1.165) is 25.3 Å². The van der Waals surface area contributed by atoms with Crippen molar-refractivity contribution in [1.82, 2.24) is 9.97 Å². The Morgan fingerprint density at radius 2 is 2.20 bits per heavy atom. The second-order valence-corrected chi connectivity index (χ2v) is 3.47. The van der Waals surface area contributed by atoms with Crippen molar-refractivity contribution in [2.75, 3.05) is 31.0 Å². The molecule has 1 heterocycles. The maximum Gasteiger partial charge on any atom is 0.233 e. The van der Waals surface area contributed by atoms with Crippen LogP contribution in [0, 0.1) is 0 Å². The van der Waals surface area contributed by atoms with Gasteiger partial charge in [-0.3, -0.25) is 4.98 Å². The van der Waals surface area contributed by atoms with Crippen LogP contribution in [0.4, 0.5) is 5.82 Å². The van der Waals surface area contributed by atoms with Crippen molar-refractivity contribution in [3.8, 4) is 5.88 Å². The molecule has 84 valence electrons. The van der Waals surface area contributed by atoms with E-state index in [1.807, 2.05) is 0 Å². The summed E-state index contributed by atoms with van der Waals surface area (Å²) in [4.78, 5) is 10.5. The van der Waals surface area contributed by atoms with Crippen molar-refractivity contribution in [3.05, 3.63) is 12.4 Å². The van der Waals surface area contributed by atoms with Crippen LogP contribution < -0.4 is 9.64 Å². The molecule has 0 N–H and O–H groups in total. The predicted octanol–water partition coefficient (Wildman–Crippen LogP) is 1.94. The van der Waals surface area contributed by atoms with Gasteiger partial charge in [0.15, 0.2) is 5.82 Å². The Morgan fingerprint density at radius 3 is 2.80 bits per heavy atom. The highest BCUT2D eigenvalue weighted by atomic mass is 35.5. The fourth-order valence-electron chi connectivity index (χ4n) is 1.30. The molecule has 1 aromatic rings. The molecule has 0 aliphatic heterocycles. The van der Waals surface area contributed by atoms with Gasteiger partial charge in [-0.15, -0.1) is 11.6 Å². The largest absolute Gasteiger partial charge is 0.480 e. The number of nitrogens with zero attached hydrogens (tertiary/aromatic N) is 3.